The molecule has 4 aromatic rings. The van der Waals surface area contributed by atoms with Gasteiger partial charge in [0.1, 0.15) is 42.0 Å². The second kappa shape index (κ2) is 14.1. The Labute approximate surface area is 292 Å². The van der Waals surface area contributed by atoms with Crippen LogP contribution < -0.4 is 15.6 Å². The van der Waals surface area contributed by atoms with Gasteiger partial charge < -0.3 is 15.2 Å². The molecule has 0 saturated carbocycles. The van der Waals surface area contributed by atoms with E-state index in [-0.39, 0.29) is 77.9 Å². The van der Waals surface area contributed by atoms with Gasteiger partial charge in [0.25, 0.3) is 5.56 Å². The monoisotopic (exact) mass is 731 g/mol. The average molecular weight is 732 g/mol. The SMILES string of the molecule is Cc1cc2cc(c1F)C(CC(=O)O)NC(=O)C(n1cc(CCN3CC(F)C3)c(C(F)(F)F)cc1=O)c1cc(ccc1F)COc1ccc(F)c(C)c1-2. The van der Waals surface area contributed by atoms with Crippen molar-refractivity contribution in [2.75, 3.05) is 19.6 Å². The summed E-state index contributed by atoms with van der Waals surface area (Å²) in [7, 11) is 0. The van der Waals surface area contributed by atoms with Crippen molar-refractivity contribution >= 4 is 11.9 Å². The topological polar surface area (TPSA) is 101 Å². The maximum atomic E-state index is 15.9. The van der Waals surface area contributed by atoms with Crippen molar-refractivity contribution in [2.24, 2.45) is 0 Å². The van der Waals surface area contributed by atoms with Crippen molar-refractivity contribution in [3.8, 4) is 16.9 Å². The number of carbonyl (C=O) groups excluding carboxylic acids is 1. The number of rotatable bonds is 6. The lowest BCUT2D eigenvalue weighted by atomic mass is 9.91. The Bertz CT molecular complexity index is 2130. The molecule has 15 heteroatoms. The number of aliphatic carboxylic acids is 1. The highest BCUT2D eigenvalue weighted by atomic mass is 19.4. The van der Waals surface area contributed by atoms with E-state index in [2.05, 4.69) is 5.32 Å². The van der Waals surface area contributed by atoms with Gasteiger partial charge in [-0.25, -0.2) is 17.6 Å². The summed E-state index contributed by atoms with van der Waals surface area (Å²) in [6, 6.07) is 5.16. The number of benzene rings is 3. The van der Waals surface area contributed by atoms with Crippen LogP contribution in [0, 0.1) is 31.3 Å². The number of fused-ring (bicyclic) bond motifs is 6. The first-order valence-corrected chi connectivity index (χ1v) is 16.2. The molecule has 52 heavy (non-hydrogen) atoms. The molecule has 0 radical (unpaired) electrons. The minimum Gasteiger partial charge on any atom is -0.488 e. The molecule has 2 N–H and O–H groups in total. The van der Waals surface area contributed by atoms with E-state index in [0.29, 0.717) is 4.57 Å². The van der Waals surface area contributed by atoms with Crippen LogP contribution in [0.3, 0.4) is 0 Å². The number of nitrogens with zero attached hydrogens (tertiary/aromatic N) is 2. The number of carbonyl (C=O) groups is 2. The molecule has 8 nitrogen and oxygen atoms in total. The fourth-order valence-corrected chi connectivity index (χ4v) is 6.69. The Hall–Kier alpha value is -5.18. The van der Waals surface area contributed by atoms with Gasteiger partial charge in [-0.2, -0.15) is 13.2 Å². The Balaban J connectivity index is 1.56. The lowest BCUT2D eigenvalue weighted by molar-refractivity contribution is -0.139. The van der Waals surface area contributed by atoms with Crippen molar-refractivity contribution in [1.29, 1.82) is 0 Å². The number of alkyl halides is 4. The number of pyridine rings is 1. The van der Waals surface area contributed by atoms with Gasteiger partial charge >= 0.3 is 12.1 Å². The lowest BCUT2D eigenvalue weighted by Crippen LogP contribution is -2.49. The lowest BCUT2D eigenvalue weighted by Gasteiger charge is -2.34. The molecule has 3 heterocycles. The quantitative estimate of drug-likeness (QED) is 0.218. The molecular formula is C37H32F7N3O5. The van der Waals surface area contributed by atoms with Crippen molar-refractivity contribution in [3.05, 3.63) is 121 Å². The van der Waals surface area contributed by atoms with Crippen molar-refractivity contribution in [3.63, 3.8) is 0 Å². The summed E-state index contributed by atoms with van der Waals surface area (Å²) in [5, 5.41) is 12.2. The minimum absolute atomic E-state index is 0.00320. The molecule has 1 fully saturated rings. The van der Waals surface area contributed by atoms with Crippen LogP contribution >= 0.6 is 0 Å². The second-order valence-corrected chi connectivity index (χ2v) is 13.0. The summed E-state index contributed by atoms with van der Waals surface area (Å²) in [4.78, 5) is 41.5. The Kier molecular flexibility index (Phi) is 9.92. The Morgan fingerprint density at radius 3 is 2.37 bits per heavy atom. The number of halogens is 7. The smallest absolute Gasteiger partial charge is 0.416 e. The molecule has 274 valence electrons. The number of aromatic nitrogens is 1. The maximum Gasteiger partial charge on any atom is 0.416 e. The number of carboxylic acid groups (broad SMARTS) is 1. The summed E-state index contributed by atoms with van der Waals surface area (Å²) in [5.41, 5.74) is -3.08. The van der Waals surface area contributed by atoms with E-state index in [1.165, 1.54) is 44.2 Å². The van der Waals surface area contributed by atoms with Crippen LogP contribution in [0.5, 0.6) is 5.75 Å². The number of hydrogen-bond donors (Lipinski definition) is 2. The predicted octanol–water partition coefficient (Wildman–Crippen LogP) is 6.58. The number of carboxylic acids is 1. The fourth-order valence-electron chi connectivity index (χ4n) is 6.69. The molecule has 2 atom stereocenters. The first-order valence-electron chi connectivity index (χ1n) is 16.2. The molecule has 2 aliphatic rings. The molecule has 4 bridgehead atoms. The fraction of sp³-hybridized carbons (Fsp3) is 0.324. The van der Waals surface area contributed by atoms with Crippen molar-refractivity contribution < 1.29 is 50.2 Å². The maximum absolute atomic E-state index is 15.9. The Morgan fingerprint density at radius 1 is 0.981 bits per heavy atom. The molecule has 0 aliphatic carbocycles. The number of aryl methyl sites for hydroxylation is 1. The third kappa shape index (κ3) is 7.27. The van der Waals surface area contributed by atoms with Crippen LogP contribution in [0.1, 0.15) is 57.4 Å². The van der Waals surface area contributed by atoms with Crippen LogP contribution in [0.2, 0.25) is 0 Å². The van der Waals surface area contributed by atoms with Crippen molar-refractivity contribution in [2.45, 2.75) is 57.7 Å². The molecule has 1 aromatic heterocycles. The molecule has 0 spiro atoms. The van der Waals surface area contributed by atoms with Crippen molar-refractivity contribution in [1.82, 2.24) is 14.8 Å². The van der Waals surface area contributed by atoms with Crippen LogP contribution in [0.4, 0.5) is 30.7 Å². The van der Waals surface area contributed by atoms with Gasteiger partial charge in [0.2, 0.25) is 5.91 Å². The third-order valence-corrected chi connectivity index (χ3v) is 9.36. The van der Waals surface area contributed by atoms with Gasteiger partial charge in [-0.1, -0.05) is 6.07 Å². The first kappa shape index (κ1) is 36.6. The normalized spacial score (nSPS) is 18.1. The number of ether oxygens (including phenoxy) is 1. The van der Waals surface area contributed by atoms with Crippen LogP contribution in [0.15, 0.2) is 59.5 Å². The molecule has 1 saturated heterocycles. The van der Waals surface area contributed by atoms with Gasteiger partial charge in [-0.15, -0.1) is 0 Å². The van der Waals surface area contributed by atoms with Crippen LogP contribution in [-0.4, -0.2) is 52.3 Å². The molecule has 2 unspecified atom stereocenters. The highest BCUT2D eigenvalue weighted by molar-refractivity contribution is 5.85. The third-order valence-electron chi connectivity index (χ3n) is 9.36. The molecule has 1 amide bonds. The van der Waals surface area contributed by atoms with Gasteiger partial charge in [-0.3, -0.25) is 23.9 Å². The second-order valence-electron chi connectivity index (χ2n) is 13.0. The molecular weight excluding hydrogens is 699 g/mol. The zero-order valence-electron chi connectivity index (χ0n) is 27.8. The number of nitrogens with one attached hydrogen (secondary N) is 1. The summed E-state index contributed by atoms with van der Waals surface area (Å²) in [6.45, 7) is 2.56. The van der Waals surface area contributed by atoms with E-state index in [9.17, 15) is 41.4 Å². The number of hydrogen-bond acceptors (Lipinski definition) is 5. The van der Waals surface area contributed by atoms with Gasteiger partial charge in [0, 0.05) is 48.6 Å². The molecule has 6 rings (SSSR count). The summed E-state index contributed by atoms with van der Waals surface area (Å²) in [6.07, 6.45) is -6.56. The minimum atomic E-state index is -5.00. The Morgan fingerprint density at radius 2 is 1.69 bits per heavy atom. The van der Waals surface area contributed by atoms with E-state index >= 15 is 8.78 Å². The van der Waals surface area contributed by atoms with Gasteiger partial charge in [0.05, 0.1) is 18.0 Å². The molecule has 2 aliphatic heterocycles. The van der Waals surface area contributed by atoms with Gasteiger partial charge in [0.15, 0.2) is 0 Å². The summed E-state index contributed by atoms with van der Waals surface area (Å²) < 4.78 is 109. The molecule has 3 aromatic carbocycles. The van der Waals surface area contributed by atoms with Crippen LogP contribution in [0.25, 0.3) is 11.1 Å². The van der Waals surface area contributed by atoms with E-state index in [1.54, 1.807) is 4.90 Å². The van der Waals surface area contributed by atoms with Gasteiger partial charge in [-0.05, 0) is 84.5 Å². The standard InChI is InChI=1S/C37H32F7N3O5/c1-18-9-22-11-25(34(18)41)29(13-32(49)50)45-36(51)35(24-10-20(3-4-28(24)40)17-52-30-6-5-27(39)19(2)33(22)30)47-14-21(7-8-46-15-23(38)16-46)26(12-31(47)48)37(42,43)44/h3-6,9-12,14,23,29,35H,7-8,13,15-17H2,1-2H3,(H,45,51)(H,49,50). The highest BCUT2D eigenvalue weighted by Gasteiger charge is 2.37. The average Bonchev–Trinajstić information content (AvgIpc) is 3.05. The van der Waals surface area contributed by atoms with E-state index < -0.39 is 82.4 Å². The largest absolute Gasteiger partial charge is 0.488 e. The number of likely N-dealkylation sites (tertiary alicyclic amines) is 1. The highest BCUT2D eigenvalue weighted by Crippen LogP contribution is 2.39. The van der Waals surface area contributed by atoms with E-state index in [0.717, 1.165) is 18.3 Å². The first-order chi connectivity index (χ1) is 24.5. The van der Waals surface area contributed by atoms with Crippen LogP contribution in [-0.2, 0) is 28.8 Å². The number of amides is 1. The summed E-state index contributed by atoms with van der Waals surface area (Å²) in [5.74, 6) is -5.16. The zero-order valence-corrected chi connectivity index (χ0v) is 27.8. The van der Waals surface area contributed by atoms with E-state index in [4.69, 9.17) is 4.74 Å². The zero-order chi connectivity index (χ0) is 37.6. The predicted molar refractivity (Wildman–Crippen MR) is 174 cm³/mol. The summed E-state index contributed by atoms with van der Waals surface area (Å²) >= 11 is 0. The van der Waals surface area contributed by atoms with E-state index in [1.807, 2.05) is 0 Å².